The first-order valence-electron chi connectivity index (χ1n) is 8.67. The van der Waals surface area contributed by atoms with Crippen LogP contribution in [-0.4, -0.2) is 10.9 Å². The minimum atomic E-state index is -0.296. The average molecular weight is 383 g/mol. The van der Waals surface area contributed by atoms with E-state index >= 15 is 0 Å². The Hall–Kier alpha value is -2.73. The summed E-state index contributed by atoms with van der Waals surface area (Å²) in [4.78, 5) is 16.7. The van der Waals surface area contributed by atoms with Gasteiger partial charge in [-0.05, 0) is 35.7 Å². The summed E-state index contributed by atoms with van der Waals surface area (Å²) in [7, 11) is 0. The van der Waals surface area contributed by atoms with Crippen molar-refractivity contribution in [1.29, 1.82) is 0 Å². The smallest absolute Gasteiger partial charge is 0.224 e. The second kappa shape index (κ2) is 7.88. The molecule has 0 aliphatic rings. The first-order chi connectivity index (χ1) is 12.8. The number of thiazole rings is 1. The van der Waals surface area contributed by atoms with Gasteiger partial charge in [-0.3, -0.25) is 4.79 Å². The number of anilines is 3. The molecule has 6 heteroatoms. The van der Waals surface area contributed by atoms with Crippen molar-refractivity contribution in [3.8, 4) is 11.3 Å². The summed E-state index contributed by atoms with van der Waals surface area (Å²) in [6.45, 7) is 6.10. The van der Waals surface area contributed by atoms with E-state index in [9.17, 15) is 9.18 Å². The lowest BCUT2D eigenvalue weighted by Crippen LogP contribution is -2.19. The molecule has 2 aromatic carbocycles. The van der Waals surface area contributed by atoms with Gasteiger partial charge in [0.25, 0.3) is 0 Å². The molecule has 140 valence electrons. The Morgan fingerprint density at radius 3 is 2.59 bits per heavy atom. The maximum atomic E-state index is 13.3. The van der Waals surface area contributed by atoms with Crippen LogP contribution in [0, 0.1) is 11.2 Å². The highest BCUT2D eigenvalue weighted by molar-refractivity contribution is 7.14. The van der Waals surface area contributed by atoms with Crippen LogP contribution in [-0.2, 0) is 4.79 Å². The Bertz CT molecular complexity index is 946. The molecule has 0 radical (unpaired) electrons. The van der Waals surface area contributed by atoms with Gasteiger partial charge in [-0.1, -0.05) is 39.0 Å². The number of halogens is 1. The normalized spacial score (nSPS) is 11.3. The van der Waals surface area contributed by atoms with Crippen molar-refractivity contribution < 1.29 is 9.18 Å². The van der Waals surface area contributed by atoms with Crippen LogP contribution in [0.2, 0.25) is 0 Å². The number of rotatable bonds is 5. The maximum Gasteiger partial charge on any atom is 0.224 e. The van der Waals surface area contributed by atoms with Crippen LogP contribution in [0.4, 0.5) is 20.9 Å². The maximum absolute atomic E-state index is 13.3. The van der Waals surface area contributed by atoms with Gasteiger partial charge in [0.2, 0.25) is 5.91 Å². The fourth-order valence-corrected chi connectivity index (χ4v) is 3.34. The number of hydrogen-bond acceptors (Lipinski definition) is 4. The van der Waals surface area contributed by atoms with Gasteiger partial charge >= 0.3 is 0 Å². The first-order valence-corrected chi connectivity index (χ1v) is 9.55. The SMILES string of the molecule is CC(C)(C)CC(=O)Nc1cccc(-c2csc(Nc3cccc(F)c3)n2)c1. The number of amides is 1. The van der Waals surface area contributed by atoms with E-state index in [1.165, 1.54) is 23.5 Å². The fraction of sp³-hybridized carbons (Fsp3) is 0.238. The standard InChI is InChI=1S/C21H22FN3OS/c1-21(2,3)12-19(26)23-16-8-4-6-14(10-16)18-13-27-20(25-18)24-17-9-5-7-15(22)11-17/h4-11,13H,12H2,1-3H3,(H,23,26)(H,24,25). The predicted octanol–water partition coefficient (Wildman–Crippen LogP) is 6.07. The van der Waals surface area contributed by atoms with Crippen molar-refractivity contribution in [3.63, 3.8) is 0 Å². The van der Waals surface area contributed by atoms with E-state index in [0.717, 1.165) is 16.9 Å². The topological polar surface area (TPSA) is 54.0 Å². The average Bonchev–Trinajstić information content (AvgIpc) is 3.02. The molecule has 3 rings (SSSR count). The molecule has 0 saturated heterocycles. The summed E-state index contributed by atoms with van der Waals surface area (Å²) in [6.07, 6.45) is 0.454. The molecule has 0 bridgehead atoms. The second-order valence-electron chi connectivity index (χ2n) is 7.54. The second-order valence-corrected chi connectivity index (χ2v) is 8.40. The van der Waals surface area contributed by atoms with E-state index in [2.05, 4.69) is 15.6 Å². The number of hydrogen-bond donors (Lipinski definition) is 2. The molecule has 0 fully saturated rings. The molecule has 0 aliphatic carbocycles. The van der Waals surface area contributed by atoms with Gasteiger partial charge in [-0.2, -0.15) is 0 Å². The van der Waals surface area contributed by atoms with Crippen molar-refractivity contribution in [2.24, 2.45) is 5.41 Å². The van der Waals surface area contributed by atoms with Gasteiger partial charge in [-0.25, -0.2) is 9.37 Å². The third kappa shape index (κ3) is 5.62. The van der Waals surface area contributed by atoms with Crippen LogP contribution >= 0.6 is 11.3 Å². The van der Waals surface area contributed by atoms with Gasteiger partial charge in [0.1, 0.15) is 5.82 Å². The van der Waals surface area contributed by atoms with Crippen LogP contribution in [0.5, 0.6) is 0 Å². The molecular formula is C21H22FN3OS. The lowest BCUT2D eigenvalue weighted by Gasteiger charge is -2.17. The third-order valence-corrected chi connectivity index (χ3v) is 4.47. The van der Waals surface area contributed by atoms with Gasteiger partial charge < -0.3 is 10.6 Å². The first kappa shape index (κ1) is 19.0. The molecular weight excluding hydrogens is 361 g/mol. The molecule has 1 aromatic heterocycles. The fourth-order valence-electron chi connectivity index (χ4n) is 2.60. The molecule has 2 N–H and O–H groups in total. The largest absolute Gasteiger partial charge is 0.331 e. The van der Waals surface area contributed by atoms with Gasteiger partial charge in [-0.15, -0.1) is 11.3 Å². The monoisotopic (exact) mass is 383 g/mol. The zero-order valence-corrected chi connectivity index (χ0v) is 16.4. The Morgan fingerprint density at radius 1 is 1.11 bits per heavy atom. The summed E-state index contributed by atoms with van der Waals surface area (Å²) in [5.74, 6) is -0.304. The number of carbonyl (C=O) groups is 1. The van der Waals surface area contributed by atoms with Crippen LogP contribution in [0.3, 0.4) is 0 Å². The Kier molecular flexibility index (Phi) is 5.56. The lowest BCUT2D eigenvalue weighted by atomic mass is 9.92. The van der Waals surface area contributed by atoms with Crippen molar-refractivity contribution in [2.75, 3.05) is 10.6 Å². The number of carbonyl (C=O) groups excluding carboxylic acids is 1. The van der Waals surface area contributed by atoms with E-state index in [1.807, 2.05) is 50.4 Å². The van der Waals surface area contributed by atoms with Gasteiger partial charge in [0, 0.05) is 28.7 Å². The summed E-state index contributed by atoms with van der Waals surface area (Å²) in [5.41, 5.74) is 3.04. The molecule has 1 heterocycles. The van der Waals surface area contributed by atoms with Crippen molar-refractivity contribution in [2.45, 2.75) is 27.2 Å². The third-order valence-electron chi connectivity index (χ3n) is 3.71. The Morgan fingerprint density at radius 2 is 1.85 bits per heavy atom. The van der Waals surface area contributed by atoms with Crippen molar-refractivity contribution in [1.82, 2.24) is 4.98 Å². The lowest BCUT2D eigenvalue weighted by molar-refractivity contribution is -0.117. The predicted molar refractivity (Wildman–Crippen MR) is 110 cm³/mol. The number of nitrogens with one attached hydrogen (secondary N) is 2. The van der Waals surface area contributed by atoms with Crippen molar-refractivity contribution >= 4 is 33.8 Å². The number of aromatic nitrogens is 1. The molecule has 0 spiro atoms. The zero-order valence-electron chi connectivity index (χ0n) is 15.5. The van der Waals surface area contributed by atoms with Crippen LogP contribution in [0.1, 0.15) is 27.2 Å². The van der Waals surface area contributed by atoms with Crippen molar-refractivity contribution in [3.05, 3.63) is 59.7 Å². The quantitative estimate of drug-likeness (QED) is 0.562. The molecule has 27 heavy (non-hydrogen) atoms. The Labute approximate surface area is 162 Å². The molecule has 3 aromatic rings. The number of nitrogens with zero attached hydrogens (tertiary/aromatic N) is 1. The highest BCUT2D eigenvalue weighted by Gasteiger charge is 2.16. The molecule has 4 nitrogen and oxygen atoms in total. The minimum Gasteiger partial charge on any atom is -0.331 e. The summed E-state index contributed by atoms with van der Waals surface area (Å²) in [5, 5.41) is 8.65. The Balaban J connectivity index is 1.72. The van der Waals surface area contributed by atoms with Crippen LogP contribution in [0.15, 0.2) is 53.9 Å². The molecule has 0 atom stereocenters. The zero-order chi connectivity index (χ0) is 19.4. The highest BCUT2D eigenvalue weighted by Crippen LogP contribution is 2.29. The molecule has 0 saturated carbocycles. The van der Waals surface area contributed by atoms with E-state index < -0.39 is 0 Å². The van der Waals surface area contributed by atoms with E-state index in [1.54, 1.807) is 12.1 Å². The van der Waals surface area contributed by atoms with Gasteiger partial charge in [0.05, 0.1) is 5.69 Å². The summed E-state index contributed by atoms with van der Waals surface area (Å²) >= 11 is 1.44. The van der Waals surface area contributed by atoms with Crippen LogP contribution < -0.4 is 10.6 Å². The van der Waals surface area contributed by atoms with E-state index in [0.29, 0.717) is 17.2 Å². The molecule has 1 amide bonds. The van der Waals surface area contributed by atoms with E-state index in [4.69, 9.17) is 0 Å². The number of benzene rings is 2. The summed E-state index contributed by atoms with van der Waals surface area (Å²) < 4.78 is 13.3. The highest BCUT2D eigenvalue weighted by atomic mass is 32.1. The van der Waals surface area contributed by atoms with Gasteiger partial charge in [0.15, 0.2) is 5.13 Å². The molecule has 0 unspecified atom stereocenters. The minimum absolute atomic E-state index is 0.00797. The summed E-state index contributed by atoms with van der Waals surface area (Å²) in [6, 6.07) is 13.9. The van der Waals surface area contributed by atoms with Crippen LogP contribution in [0.25, 0.3) is 11.3 Å². The molecule has 0 aliphatic heterocycles. The van der Waals surface area contributed by atoms with E-state index in [-0.39, 0.29) is 17.1 Å².